The van der Waals surface area contributed by atoms with Crippen LogP contribution in [0, 0.1) is 0 Å². The van der Waals surface area contributed by atoms with E-state index in [9.17, 15) is 0 Å². The molecule has 0 aliphatic rings. The SMILES string of the molecule is c1ccc(-c2cn3ccc4c(-c5ccc(-c6ccc(-c7cc8cccnc8c8ncccc78)c7ccccc67)cc5)nc5ccccc5c4c3n2)cc1. The van der Waals surface area contributed by atoms with Crippen LogP contribution in [0.2, 0.25) is 0 Å². The smallest absolute Gasteiger partial charge is 0.146 e. The van der Waals surface area contributed by atoms with Crippen LogP contribution in [0.25, 0.3) is 105 Å². The first-order chi connectivity index (χ1) is 26.3. The van der Waals surface area contributed by atoms with Gasteiger partial charge in [0.15, 0.2) is 0 Å². The molecule has 11 aromatic rings. The Bertz CT molecular complexity index is 3220. The second kappa shape index (κ2) is 11.7. The molecule has 6 aromatic carbocycles. The van der Waals surface area contributed by atoms with Gasteiger partial charge in [0.1, 0.15) is 5.65 Å². The molecule has 0 saturated heterocycles. The van der Waals surface area contributed by atoms with Crippen LogP contribution >= 0.6 is 0 Å². The molecule has 5 heterocycles. The monoisotopic (exact) mass is 675 g/mol. The summed E-state index contributed by atoms with van der Waals surface area (Å²) in [5.41, 5.74) is 12.4. The van der Waals surface area contributed by atoms with E-state index in [0.717, 1.165) is 82.8 Å². The van der Waals surface area contributed by atoms with Crippen molar-refractivity contribution in [2.75, 3.05) is 0 Å². The van der Waals surface area contributed by atoms with Crippen LogP contribution in [0.5, 0.6) is 0 Å². The number of hydrogen-bond donors (Lipinski definition) is 0. The third kappa shape index (κ3) is 4.64. The van der Waals surface area contributed by atoms with E-state index in [0.29, 0.717) is 0 Å². The summed E-state index contributed by atoms with van der Waals surface area (Å²) in [5, 5.41) is 7.85. The molecule has 0 saturated carbocycles. The highest BCUT2D eigenvalue weighted by Crippen LogP contribution is 2.41. The predicted octanol–water partition coefficient (Wildman–Crippen LogP) is 12.0. The molecule has 0 spiro atoms. The lowest BCUT2D eigenvalue weighted by atomic mass is 9.89. The van der Waals surface area contributed by atoms with Crippen molar-refractivity contribution in [3.05, 3.63) is 176 Å². The molecule has 53 heavy (non-hydrogen) atoms. The molecular weight excluding hydrogens is 647 g/mol. The maximum atomic E-state index is 5.24. The lowest BCUT2D eigenvalue weighted by molar-refractivity contribution is 1.20. The molecule has 0 fully saturated rings. The van der Waals surface area contributed by atoms with E-state index in [4.69, 9.17) is 15.0 Å². The highest BCUT2D eigenvalue weighted by atomic mass is 15.0. The zero-order valence-electron chi connectivity index (χ0n) is 28.5. The molecule has 5 aromatic heterocycles. The topological polar surface area (TPSA) is 56.0 Å². The fraction of sp³-hybridized carbons (Fsp3) is 0. The number of fused-ring (bicyclic) bond motifs is 9. The number of para-hydroxylation sites is 1. The molecule has 0 amide bonds. The number of imidazole rings is 1. The fourth-order valence-electron chi connectivity index (χ4n) is 8.04. The molecule has 5 heteroatoms. The molecule has 0 radical (unpaired) electrons. The van der Waals surface area contributed by atoms with Gasteiger partial charge in [0.05, 0.1) is 27.9 Å². The van der Waals surface area contributed by atoms with Crippen LogP contribution in [0.3, 0.4) is 0 Å². The van der Waals surface area contributed by atoms with Crippen LogP contribution in [-0.2, 0) is 0 Å². The Balaban J connectivity index is 1.05. The second-order valence-electron chi connectivity index (χ2n) is 13.5. The van der Waals surface area contributed by atoms with Crippen molar-refractivity contribution in [1.29, 1.82) is 0 Å². The Labute approximate surface area is 304 Å². The lowest BCUT2D eigenvalue weighted by Gasteiger charge is -2.15. The maximum Gasteiger partial charge on any atom is 0.146 e. The number of aromatic nitrogens is 5. The minimum atomic E-state index is 0.921. The zero-order chi connectivity index (χ0) is 34.9. The number of pyridine rings is 4. The molecule has 0 aliphatic carbocycles. The van der Waals surface area contributed by atoms with Gasteiger partial charge in [-0.25, -0.2) is 9.97 Å². The summed E-state index contributed by atoms with van der Waals surface area (Å²) >= 11 is 0. The summed E-state index contributed by atoms with van der Waals surface area (Å²) in [7, 11) is 0. The summed E-state index contributed by atoms with van der Waals surface area (Å²) < 4.78 is 2.13. The van der Waals surface area contributed by atoms with Gasteiger partial charge in [0, 0.05) is 62.8 Å². The quantitative estimate of drug-likeness (QED) is 0.174. The molecule has 5 nitrogen and oxygen atoms in total. The van der Waals surface area contributed by atoms with E-state index in [2.05, 4.69) is 155 Å². The van der Waals surface area contributed by atoms with Gasteiger partial charge in [-0.1, -0.05) is 121 Å². The predicted molar refractivity (Wildman–Crippen MR) is 218 cm³/mol. The highest BCUT2D eigenvalue weighted by Gasteiger charge is 2.18. The fourth-order valence-corrected chi connectivity index (χ4v) is 8.04. The van der Waals surface area contributed by atoms with Gasteiger partial charge in [0.2, 0.25) is 0 Å². The van der Waals surface area contributed by atoms with E-state index in [1.807, 2.05) is 30.6 Å². The Morgan fingerprint density at radius 1 is 0.434 bits per heavy atom. The van der Waals surface area contributed by atoms with Crippen molar-refractivity contribution in [3.8, 4) is 44.8 Å². The van der Waals surface area contributed by atoms with Gasteiger partial charge in [-0.3, -0.25) is 9.97 Å². The third-order valence-electron chi connectivity index (χ3n) is 10.5. The molecule has 0 atom stereocenters. The summed E-state index contributed by atoms with van der Waals surface area (Å²) in [5.74, 6) is 0. The molecule has 0 unspecified atom stereocenters. The van der Waals surface area contributed by atoms with E-state index in [1.54, 1.807) is 0 Å². The third-order valence-corrected chi connectivity index (χ3v) is 10.5. The van der Waals surface area contributed by atoms with Gasteiger partial charge in [0.25, 0.3) is 0 Å². The van der Waals surface area contributed by atoms with Crippen LogP contribution in [0.1, 0.15) is 0 Å². The largest absolute Gasteiger partial charge is 0.306 e. The van der Waals surface area contributed by atoms with Gasteiger partial charge >= 0.3 is 0 Å². The van der Waals surface area contributed by atoms with Crippen LogP contribution in [-0.4, -0.2) is 24.3 Å². The molecule has 246 valence electrons. The van der Waals surface area contributed by atoms with E-state index in [-0.39, 0.29) is 0 Å². The number of nitrogens with zero attached hydrogens (tertiary/aromatic N) is 5. The van der Waals surface area contributed by atoms with Gasteiger partial charge < -0.3 is 4.40 Å². The lowest BCUT2D eigenvalue weighted by Crippen LogP contribution is -1.93. The summed E-state index contributed by atoms with van der Waals surface area (Å²) in [6.45, 7) is 0. The summed E-state index contributed by atoms with van der Waals surface area (Å²) in [6, 6.07) is 53.5. The minimum absolute atomic E-state index is 0.921. The second-order valence-corrected chi connectivity index (χ2v) is 13.5. The average Bonchev–Trinajstić information content (AvgIpc) is 3.68. The van der Waals surface area contributed by atoms with Crippen LogP contribution in [0.4, 0.5) is 0 Å². The number of rotatable bonds is 4. The Morgan fingerprint density at radius 2 is 1.11 bits per heavy atom. The molecular formula is C48H29N5. The highest BCUT2D eigenvalue weighted by molar-refractivity contribution is 6.17. The Kier molecular flexibility index (Phi) is 6.48. The number of benzene rings is 6. The van der Waals surface area contributed by atoms with Gasteiger partial charge in [-0.05, 0) is 63.4 Å². The van der Waals surface area contributed by atoms with Crippen LogP contribution in [0.15, 0.2) is 176 Å². The average molecular weight is 676 g/mol. The maximum absolute atomic E-state index is 5.24. The van der Waals surface area contributed by atoms with E-state index >= 15 is 0 Å². The standard InChI is InChI=1S/C48H29N5/c1-2-10-31(11-3-1)43-29-53-27-24-40-44(48(53)52-43)39-15-6-7-17-42(39)51-45(40)32-20-18-30(19-21-32)34-22-23-37(36-14-5-4-13-35(34)36)41-28-33-12-8-25-49-46(33)47-38(41)16-9-26-50-47/h1-29H. The van der Waals surface area contributed by atoms with Crippen molar-refractivity contribution in [2.45, 2.75) is 0 Å². The first kappa shape index (κ1) is 29.5. The Hall–Kier alpha value is -7.24. The first-order valence-electron chi connectivity index (χ1n) is 17.8. The van der Waals surface area contributed by atoms with Crippen molar-refractivity contribution >= 4 is 59.9 Å². The van der Waals surface area contributed by atoms with Crippen molar-refractivity contribution in [2.24, 2.45) is 0 Å². The van der Waals surface area contributed by atoms with Crippen molar-refractivity contribution in [3.63, 3.8) is 0 Å². The minimum Gasteiger partial charge on any atom is -0.306 e. The van der Waals surface area contributed by atoms with E-state index < -0.39 is 0 Å². The normalized spacial score (nSPS) is 11.8. The van der Waals surface area contributed by atoms with Gasteiger partial charge in [-0.2, -0.15) is 0 Å². The first-order valence-corrected chi connectivity index (χ1v) is 17.8. The summed E-state index contributed by atoms with van der Waals surface area (Å²) in [6.07, 6.45) is 7.90. The van der Waals surface area contributed by atoms with Crippen LogP contribution < -0.4 is 0 Å². The van der Waals surface area contributed by atoms with Crippen molar-refractivity contribution in [1.82, 2.24) is 24.3 Å². The Morgan fingerprint density at radius 3 is 1.96 bits per heavy atom. The molecule has 0 aliphatic heterocycles. The summed E-state index contributed by atoms with van der Waals surface area (Å²) in [4.78, 5) is 19.9. The molecule has 11 rings (SSSR count). The van der Waals surface area contributed by atoms with E-state index in [1.165, 1.54) is 21.9 Å². The molecule has 0 bridgehead atoms. The van der Waals surface area contributed by atoms with Crippen molar-refractivity contribution < 1.29 is 0 Å². The number of hydrogen-bond acceptors (Lipinski definition) is 4. The molecule has 0 N–H and O–H groups in total. The van der Waals surface area contributed by atoms with Gasteiger partial charge in [-0.15, -0.1) is 0 Å². The zero-order valence-corrected chi connectivity index (χ0v) is 28.5.